The van der Waals surface area contributed by atoms with Crippen LogP contribution in [0.1, 0.15) is 18.4 Å². The minimum absolute atomic E-state index is 0.210. The largest absolute Gasteiger partial charge is 0.481 e. The number of halogens is 2. The first-order valence-electron chi connectivity index (χ1n) is 5.77. The van der Waals surface area contributed by atoms with Crippen molar-refractivity contribution in [2.45, 2.75) is 18.4 Å². The Labute approximate surface area is 108 Å². The second-order valence-electron chi connectivity index (χ2n) is 4.56. The maximum Gasteiger partial charge on any atom is 0.142 e. The van der Waals surface area contributed by atoms with Crippen LogP contribution < -0.4 is 10.1 Å². The first-order valence-corrected chi connectivity index (χ1v) is 6.56. The lowest BCUT2D eigenvalue weighted by Gasteiger charge is -2.38. The Kier molecular flexibility index (Phi) is 2.71. The van der Waals surface area contributed by atoms with E-state index in [2.05, 4.69) is 27.3 Å². The van der Waals surface area contributed by atoms with Crippen molar-refractivity contribution in [2.75, 3.05) is 13.1 Å². The van der Waals surface area contributed by atoms with E-state index in [9.17, 15) is 4.39 Å². The zero-order valence-corrected chi connectivity index (χ0v) is 10.9. The van der Waals surface area contributed by atoms with Crippen LogP contribution in [0.15, 0.2) is 22.7 Å². The average Bonchev–Trinajstić information content (AvgIpc) is 2.32. The molecule has 2 aliphatic rings. The predicted octanol–water partition coefficient (Wildman–Crippen LogP) is 3.12. The molecule has 0 unspecified atom stereocenters. The highest BCUT2D eigenvalue weighted by molar-refractivity contribution is 9.10. The highest BCUT2D eigenvalue weighted by atomic mass is 79.9. The summed E-state index contributed by atoms with van der Waals surface area (Å²) in [7, 11) is 0. The molecule has 3 rings (SSSR count). The first kappa shape index (κ1) is 11.2. The summed E-state index contributed by atoms with van der Waals surface area (Å²) < 4.78 is 20.1. The number of rotatable bonds is 0. The van der Waals surface area contributed by atoms with Gasteiger partial charge in [-0.2, -0.15) is 0 Å². The van der Waals surface area contributed by atoms with E-state index >= 15 is 0 Å². The normalized spacial score (nSPS) is 21.1. The summed E-state index contributed by atoms with van der Waals surface area (Å²) in [5, 5.41) is 3.32. The van der Waals surface area contributed by atoms with E-state index in [1.165, 1.54) is 12.1 Å². The maximum absolute atomic E-state index is 13.3. The fourth-order valence-electron chi connectivity index (χ4n) is 2.41. The van der Waals surface area contributed by atoms with Gasteiger partial charge < -0.3 is 10.1 Å². The average molecular weight is 298 g/mol. The van der Waals surface area contributed by atoms with Gasteiger partial charge in [-0.05, 0) is 47.2 Å². The minimum Gasteiger partial charge on any atom is -0.481 e. The fraction of sp³-hybridized carbons (Fsp3) is 0.385. The van der Waals surface area contributed by atoms with Crippen molar-refractivity contribution in [3.63, 3.8) is 0 Å². The molecule has 2 heterocycles. The van der Waals surface area contributed by atoms with E-state index in [0.29, 0.717) is 4.47 Å². The molecule has 0 atom stereocenters. The zero-order chi connectivity index (χ0) is 11.9. The number of fused-ring (bicyclic) bond motifs is 1. The standard InChI is InChI=1S/C13H13BrFNO/c14-11-8-10(15)7-9-1-2-13(17-12(9)11)3-5-16-6-4-13/h1-2,7-8,16H,3-6H2. The summed E-state index contributed by atoms with van der Waals surface area (Å²) in [4.78, 5) is 0. The van der Waals surface area contributed by atoms with Crippen LogP contribution in [0.3, 0.4) is 0 Å². The summed E-state index contributed by atoms with van der Waals surface area (Å²) >= 11 is 3.37. The topological polar surface area (TPSA) is 21.3 Å². The van der Waals surface area contributed by atoms with Crippen LogP contribution in [0.4, 0.5) is 4.39 Å². The quantitative estimate of drug-likeness (QED) is 0.794. The smallest absolute Gasteiger partial charge is 0.142 e. The minimum atomic E-state index is -0.245. The molecule has 1 spiro atoms. The Morgan fingerprint density at radius 3 is 2.82 bits per heavy atom. The summed E-state index contributed by atoms with van der Waals surface area (Å²) in [5.74, 6) is 0.515. The molecular weight excluding hydrogens is 285 g/mol. The molecule has 0 amide bonds. The molecule has 0 bridgehead atoms. The van der Waals surface area contributed by atoms with Gasteiger partial charge in [0.1, 0.15) is 17.2 Å². The SMILES string of the molecule is Fc1cc(Br)c2c(c1)C=CC1(CCNCC1)O2. The Morgan fingerprint density at radius 1 is 1.29 bits per heavy atom. The second-order valence-corrected chi connectivity index (χ2v) is 5.41. The van der Waals surface area contributed by atoms with Crippen molar-refractivity contribution in [2.24, 2.45) is 0 Å². The Hall–Kier alpha value is -0.870. The van der Waals surface area contributed by atoms with Gasteiger partial charge in [0.25, 0.3) is 0 Å². The van der Waals surface area contributed by atoms with Crippen LogP contribution in [0, 0.1) is 5.82 Å². The third kappa shape index (κ3) is 2.00. The lowest BCUT2D eigenvalue weighted by molar-refractivity contribution is 0.0813. The summed E-state index contributed by atoms with van der Waals surface area (Å²) in [5.41, 5.74) is 0.597. The summed E-state index contributed by atoms with van der Waals surface area (Å²) in [6, 6.07) is 2.96. The number of piperidine rings is 1. The van der Waals surface area contributed by atoms with Crippen molar-refractivity contribution >= 4 is 22.0 Å². The highest BCUT2D eigenvalue weighted by Crippen LogP contribution is 2.40. The number of hydrogen-bond donors (Lipinski definition) is 1. The molecule has 1 aromatic carbocycles. The maximum atomic E-state index is 13.3. The molecule has 1 aromatic rings. The molecule has 0 aliphatic carbocycles. The van der Waals surface area contributed by atoms with Crippen LogP contribution in [-0.2, 0) is 0 Å². The molecule has 90 valence electrons. The number of benzene rings is 1. The van der Waals surface area contributed by atoms with Crippen LogP contribution in [-0.4, -0.2) is 18.7 Å². The molecule has 0 aromatic heterocycles. The van der Waals surface area contributed by atoms with E-state index in [0.717, 1.165) is 37.2 Å². The zero-order valence-electron chi connectivity index (χ0n) is 9.30. The van der Waals surface area contributed by atoms with E-state index < -0.39 is 0 Å². The molecular formula is C13H13BrFNO. The van der Waals surface area contributed by atoms with Gasteiger partial charge in [-0.25, -0.2) is 4.39 Å². The van der Waals surface area contributed by atoms with Crippen molar-refractivity contribution < 1.29 is 9.13 Å². The lowest BCUT2D eigenvalue weighted by atomic mass is 9.89. The summed E-state index contributed by atoms with van der Waals surface area (Å²) in [6.07, 6.45) is 5.94. The first-order chi connectivity index (χ1) is 8.19. The highest BCUT2D eigenvalue weighted by Gasteiger charge is 2.35. The van der Waals surface area contributed by atoms with Gasteiger partial charge in [0, 0.05) is 18.4 Å². The Bertz CT molecular complexity index is 481. The van der Waals surface area contributed by atoms with Crippen LogP contribution in [0.2, 0.25) is 0 Å². The lowest BCUT2D eigenvalue weighted by Crippen LogP contribution is -2.45. The number of nitrogens with one attached hydrogen (secondary N) is 1. The Balaban J connectivity index is 2.00. The van der Waals surface area contributed by atoms with Crippen molar-refractivity contribution in [3.05, 3.63) is 34.1 Å². The molecule has 17 heavy (non-hydrogen) atoms. The van der Waals surface area contributed by atoms with Crippen molar-refractivity contribution in [1.82, 2.24) is 5.32 Å². The van der Waals surface area contributed by atoms with Gasteiger partial charge in [0.15, 0.2) is 0 Å². The molecule has 0 saturated carbocycles. The molecule has 0 radical (unpaired) electrons. The third-order valence-corrected chi connectivity index (χ3v) is 3.95. The monoisotopic (exact) mass is 297 g/mol. The van der Waals surface area contributed by atoms with Gasteiger partial charge in [-0.1, -0.05) is 6.08 Å². The molecule has 1 N–H and O–H groups in total. The van der Waals surface area contributed by atoms with E-state index in [4.69, 9.17) is 4.74 Å². The van der Waals surface area contributed by atoms with Gasteiger partial charge in [0.05, 0.1) is 4.47 Å². The third-order valence-electron chi connectivity index (χ3n) is 3.36. The van der Waals surface area contributed by atoms with E-state index in [1.807, 2.05) is 6.08 Å². The number of ether oxygens (including phenoxy) is 1. The fourth-order valence-corrected chi connectivity index (χ4v) is 2.94. The van der Waals surface area contributed by atoms with Crippen molar-refractivity contribution in [3.8, 4) is 5.75 Å². The molecule has 2 nitrogen and oxygen atoms in total. The molecule has 4 heteroatoms. The van der Waals surface area contributed by atoms with Gasteiger partial charge in [-0.15, -0.1) is 0 Å². The molecule has 2 aliphatic heterocycles. The van der Waals surface area contributed by atoms with Crippen LogP contribution in [0.25, 0.3) is 6.08 Å². The van der Waals surface area contributed by atoms with Gasteiger partial charge in [-0.3, -0.25) is 0 Å². The van der Waals surface area contributed by atoms with Crippen molar-refractivity contribution in [1.29, 1.82) is 0 Å². The summed E-state index contributed by atoms with van der Waals surface area (Å²) in [6.45, 7) is 1.91. The molecule has 1 saturated heterocycles. The Morgan fingerprint density at radius 2 is 2.06 bits per heavy atom. The van der Waals surface area contributed by atoms with Crippen LogP contribution >= 0.6 is 15.9 Å². The van der Waals surface area contributed by atoms with Crippen LogP contribution in [0.5, 0.6) is 5.75 Å². The predicted molar refractivity (Wildman–Crippen MR) is 68.6 cm³/mol. The van der Waals surface area contributed by atoms with E-state index in [1.54, 1.807) is 0 Å². The number of hydrogen-bond acceptors (Lipinski definition) is 2. The van der Waals surface area contributed by atoms with Gasteiger partial charge in [0.2, 0.25) is 0 Å². The molecule has 1 fully saturated rings. The second kappa shape index (κ2) is 4.10. The van der Waals surface area contributed by atoms with E-state index in [-0.39, 0.29) is 11.4 Å². The van der Waals surface area contributed by atoms with Gasteiger partial charge >= 0.3 is 0 Å².